The predicted octanol–water partition coefficient (Wildman–Crippen LogP) is 3.99. The van der Waals surface area contributed by atoms with Crippen LogP contribution < -0.4 is 10.2 Å². The standard InChI is InChI=1S/C22H22FN3O2/c23-17-6-8-19(9-7-17)26-14-12-25(13-15-26)16-20-10-11-21(28-20)22(27)24-18-4-2-1-3-5-18/h1-11H,12-16H2,(H,24,27). The zero-order chi connectivity index (χ0) is 19.3. The topological polar surface area (TPSA) is 48.7 Å². The Bertz CT molecular complexity index is 916. The number of nitrogens with zero attached hydrogens (tertiary/aromatic N) is 2. The Morgan fingerprint density at radius 3 is 2.36 bits per heavy atom. The highest BCUT2D eigenvalue weighted by Gasteiger charge is 2.19. The molecule has 3 aromatic rings. The van der Waals surface area contributed by atoms with E-state index in [0.29, 0.717) is 12.3 Å². The molecule has 0 unspecified atom stereocenters. The van der Waals surface area contributed by atoms with Gasteiger partial charge in [0, 0.05) is 37.6 Å². The van der Waals surface area contributed by atoms with Crippen LogP contribution in [0.5, 0.6) is 0 Å². The molecule has 0 atom stereocenters. The predicted molar refractivity (Wildman–Crippen MR) is 107 cm³/mol. The minimum Gasteiger partial charge on any atom is -0.455 e. The summed E-state index contributed by atoms with van der Waals surface area (Å²) in [5.74, 6) is 0.614. The zero-order valence-electron chi connectivity index (χ0n) is 15.5. The fourth-order valence-corrected chi connectivity index (χ4v) is 3.34. The largest absolute Gasteiger partial charge is 0.455 e. The first-order chi connectivity index (χ1) is 13.7. The summed E-state index contributed by atoms with van der Waals surface area (Å²) in [5.41, 5.74) is 1.78. The molecule has 1 aliphatic rings. The first kappa shape index (κ1) is 18.3. The molecule has 1 amide bonds. The number of hydrogen-bond donors (Lipinski definition) is 1. The summed E-state index contributed by atoms with van der Waals surface area (Å²) in [6.45, 7) is 4.16. The van der Waals surface area contributed by atoms with Crippen LogP contribution in [0.1, 0.15) is 16.3 Å². The van der Waals surface area contributed by atoms with Gasteiger partial charge >= 0.3 is 0 Å². The van der Waals surface area contributed by atoms with Gasteiger partial charge in [-0.3, -0.25) is 9.69 Å². The van der Waals surface area contributed by atoms with Crippen LogP contribution in [-0.2, 0) is 6.54 Å². The van der Waals surface area contributed by atoms with Crippen LogP contribution in [0.15, 0.2) is 71.1 Å². The molecule has 1 aliphatic heterocycles. The number of carbonyl (C=O) groups excluding carboxylic acids is 1. The van der Waals surface area contributed by atoms with Crippen molar-refractivity contribution in [3.05, 3.63) is 84.1 Å². The van der Waals surface area contributed by atoms with Crippen LogP contribution in [-0.4, -0.2) is 37.0 Å². The van der Waals surface area contributed by atoms with E-state index in [-0.39, 0.29) is 11.7 Å². The van der Waals surface area contributed by atoms with Crippen molar-refractivity contribution >= 4 is 17.3 Å². The number of anilines is 2. The van der Waals surface area contributed by atoms with Crippen molar-refractivity contribution in [1.82, 2.24) is 4.90 Å². The number of carbonyl (C=O) groups is 1. The van der Waals surface area contributed by atoms with Gasteiger partial charge in [-0.05, 0) is 48.5 Å². The molecule has 0 aliphatic carbocycles. The third-order valence-corrected chi connectivity index (χ3v) is 4.86. The molecule has 1 saturated heterocycles. The van der Waals surface area contributed by atoms with E-state index in [1.165, 1.54) is 12.1 Å². The Morgan fingerprint density at radius 2 is 1.64 bits per heavy atom. The van der Waals surface area contributed by atoms with Crippen molar-refractivity contribution in [2.24, 2.45) is 0 Å². The van der Waals surface area contributed by atoms with E-state index in [9.17, 15) is 9.18 Å². The number of hydrogen-bond acceptors (Lipinski definition) is 4. The Kier molecular flexibility index (Phi) is 5.39. The maximum absolute atomic E-state index is 13.1. The van der Waals surface area contributed by atoms with E-state index in [4.69, 9.17) is 4.42 Å². The summed E-state index contributed by atoms with van der Waals surface area (Å²) in [7, 11) is 0. The molecular weight excluding hydrogens is 357 g/mol. The normalized spacial score (nSPS) is 14.8. The van der Waals surface area contributed by atoms with Crippen LogP contribution in [0.2, 0.25) is 0 Å². The van der Waals surface area contributed by atoms with E-state index in [1.54, 1.807) is 6.07 Å². The molecule has 1 fully saturated rings. The highest BCUT2D eigenvalue weighted by Crippen LogP contribution is 2.19. The van der Waals surface area contributed by atoms with Gasteiger partial charge in [0.1, 0.15) is 11.6 Å². The van der Waals surface area contributed by atoms with Gasteiger partial charge in [0.25, 0.3) is 5.91 Å². The highest BCUT2D eigenvalue weighted by molar-refractivity contribution is 6.02. The molecule has 0 radical (unpaired) electrons. The first-order valence-corrected chi connectivity index (χ1v) is 9.35. The smallest absolute Gasteiger partial charge is 0.291 e. The summed E-state index contributed by atoms with van der Waals surface area (Å²) in [6.07, 6.45) is 0. The van der Waals surface area contributed by atoms with Gasteiger partial charge in [0.2, 0.25) is 0 Å². The second-order valence-corrected chi connectivity index (χ2v) is 6.83. The molecule has 6 heteroatoms. The van der Waals surface area contributed by atoms with Crippen LogP contribution in [0.4, 0.5) is 15.8 Å². The van der Waals surface area contributed by atoms with Gasteiger partial charge in [-0.15, -0.1) is 0 Å². The molecule has 0 bridgehead atoms. The lowest BCUT2D eigenvalue weighted by atomic mass is 10.2. The van der Waals surface area contributed by atoms with Crippen LogP contribution in [0.25, 0.3) is 0 Å². The number of benzene rings is 2. The van der Waals surface area contributed by atoms with Crippen molar-refractivity contribution in [3.8, 4) is 0 Å². The minimum atomic E-state index is -0.251. The zero-order valence-corrected chi connectivity index (χ0v) is 15.5. The maximum atomic E-state index is 13.1. The molecule has 1 N–H and O–H groups in total. The lowest BCUT2D eigenvalue weighted by molar-refractivity contribution is 0.0992. The van der Waals surface area contributed by atoms with Crippen molar-refractivity contribution < 1.29 is 13.6 Å². The Hall–Kier alpha value is -3.12. The van der Waals surface area contributed by atoms with Crippen molar-refractivity contribution in [1.29, 1.82) is 0 Å². The fraction of sp³-hybridized carbons (Fsp3) is 0.227. The van der Waals surface area contributed by atoms with Crippen molar-refractivity contribution in [2.75, 3.05) is 36.4 Å². The van der Waals surface area contributed by atoms with Crippen molar-refractivity contribution in [3.63, 3.8) is 0 Å². The Balaban J connectivity index is 1.30. The van der Waals surface area contributed by atoms with Crippen LogP contribution >= 0.6 is 0 Å². The number of nitrogens with one attached hydrogen (secondary N) is 1. The number of furan rings is 1. The maximum Gasteiger partial charge on any atom is 0.291 e. The fourth-order valence-electron chi connectivity index (χ4n) is 3.34. The Labute approximate surface area is 163 Å². The molecule has 2 aromatic carbocycles. The van der Waals surface area contributed by atoms with Crippen LogP contribution in [0.3, 0.4) is 0 Å². The van der Waals surface area contributed by atoms with E-state index in [2.05, 4.69) is 15.1 Å². The van der Waals surface area contributed by atoms with Crippen molar-refractivity contribution in [2.45, 2.75) is 6.54 Å². The summed E-state index contributed by atoms with van der Waals surface area (Å²) in [4.78, 5) is 16.8. The van der Waals surface area contributed by atoms with Crippen LogP contribution in [0, 0.1) is 5.82 Å². The minimum absolute atomic E-state index is 0.215. The third-order valence-electron chi connectivity index (χ3n) is 4.86. The van der Waals surface area contributed by atoms with Gasteiger partial charge in [-0.2, -0.15) is 0 Å². The molecule has 2 heterocycles. The lowest BCUT2D eigenvalue weighted by Crippen LogP contribution is -2.45. The molecule has 0 saturated carbocycles. The molecule has 1 aromatic heterocycles. The average Bonchev–Trinajstić information content (AvgIpc) is 3.19. The quantitative estimate of drug-likeness (QED) is 0.728. The molecule has 0 spiro atoms. The Morgan fingerprint density at radius 1 is 0.929 bits per heavy atom. The molecule has 4 rings (SSSR count). The van der Waals surface area contributed by atoms with Gasteiger partial charge in [0.15, 0.2) is 5.76 Å². The second kappa shape index (κ2) is 8.27. The second-order valence-electron chi connectivity index (χ2n) is 6.83. The third kappa shape index (κ3) is 4.40. The SMILES string of the molecule is O=C(Nc1ccccc1)c1ccc(CN2CCN(c3ccc(F)cc3)CC2)o1. The van der Waals surface area contributed by atoms with Gasteiger partial charge in [0.05, 0.1) is 6.54 Å². The first-order valence-electron chi connectivity index (χ1n) is 9.35. The lowest BCUT2D eigenvalue weighted by Gasteiger charge is -2.35. The monoisotopic (exact) mass is 379 g/mol. The molecule has 144 valence electrons. The number of amides is 1. The number of halogens is 1. The number of para-hydroxylation sites is 1. The molecule has 5 nitrogen and oxygen atoms in total. The summed E-state index contributed by atoms with van der Waals surface area (Å²) < 4.78 is 18.8. The summed E-state index contributed by atoms with van der Waals surface area (Å²) in [5, 5.41) is 2.82. The molecule has 28 heavy (non-hydrogen) atoms. The summed E-state index contributed by atoms with van der Waals surface area (Å²) in [6, 6.07) is 19.5. The van der Waals surface area contributed by atoms with Gasteiger partial charge in [-0.25, -0.2) is 4.39 Å². The van der Waals surface area contributed by atoms with Gasteiger partial charge < -0.3 is 14.6 Å². The molecular formula is C22H22FN3O2. The highest BCUT2D eigenvalue weighted by atomic mass is 19.1. The summed E-state index contributed by atoms with van der Waals surface area (Å²) >= 11 is 0. The average molecular weight is 379 g/mol. The number of rotatable bonds is 5. The van der Waals surface area contributed by atoms with E-state index >= 15 is 0 Å². The van der Waals surface area contributed by atoms with Gasteiger partial charge in [-0.1, -0.05) is 18.2 Å². The van der Waals surface area contributed by atoms with E-state index in [1.807, 2.05) is 48.5 Å². The van der Waals surface area contributed by atoms with E-state index < -0.39 is 0 Å². The number of piperazine rings is 1. The van der Waals surface area contributed by atoms with E-state index in [0.717, 1.165) is 43.3 Å².